The Morgan fingerprint density at radius 1 is 1.21 bits per heavy atom. The maximum absolute atomic E-state index is 11.1. The van der Waals surface area contributed by atoms with Crippen molar-refractivity contribution < 1.29 is 19.4 Å². The first-order valence-electron chi connectivity index (χ1n) is 7.02. The molecule has 4 nitrogen and oxygen atoms in total. The number of phenols is 1. The van der Waals surface area contributed by atoms with Gasteiger partial charge in [0.1, 0.15) is 15.3 Å². The number of thiophene rings is 1. The van der Waals surface area contributed by atoms with Gasteiger partial charge in [-0.25, -0.2) is 4.79 Å². The monoisotopic (exact) mass is 404 g/mol. The number of halogens is 1. The zero-order valence-corrected chi connectivity index (χ0v) is 15.1. The lowest BCUT2D eigenvalue weighted by Gasteiger charge is -2.06. The number of benzene rings is 2. The Labute approximate surface area is 151 Å². The summed E-state index contributed by atoms with van der Waals surface area (Å²) in [4.78, 5) is 11.1. The molecule has 0 aliphatic rings. The number of hydrogen-bond donors (Lipinski definition) is 1. The molecule has 1 aromatic heterocycles. The average Bonchev–Trinajstić information content (AvgIpc) is 2.88. The van der Waals surface area contributed by atoms with Crippen LogP contribution < -0.4 is 4.74 Å². The summed E-state index contributed by atoms with van der Waals surface area (Å²) in [5.74, 6) is 1.23. The smallest absolute Gasteiger partial charge is 0.330 e. The van der Waals surface area contributed by atoms with Crippen molar-refractivity contribution >= 4 is 49.4 Å². The van der Waals surface area contributed by atoms with E-state index in [0.717, 1.165) is 19.4 Å². The highest BCUT2D eigenvalue weighted by molar-refractivity contribution is 9.11. The fourth-order valence-corrected chi connectivity index (χ4v) is 3.83. The van der Waals surface area contributed by atoms with Gasteiger partial charge >= 0.3 is 5.97 Å². The Morgan fingerprint density at radius 3 is 2.67 bits per heavy atom. The average molecular weight is 405 g/mol. The number of fused-ring (bicyclic) bond motifs is 1. The summed E-state index contributed by atoms with van der Waals surface area (Å²) in [6.45, 7) is 0. The van der Waals surface area contributed by atoms with Crippen LogP contribution in [-0.4, -0.2) is 18.2 Å². The molecule has 3 aromatic rings. The van der Waals surface area contributed by atoms with Crippen molar-refractivity contribution in [3.8, 4) is 17.2 Å². The maximum atomic E-state index is 11.1. The van der Waals surface area contributed by atoms with Gasteiger partial charge in [-0.05, 0) is 57.9 Å². The topological polar surface area (TPSA) is 55.8 Å². The minimum absolute atomic E-state index is 0.226. The molecule has 122 valence electrons. The number of hydrogen-bond acceptors (Lipinski definition) is 5. The molecule has 3 rings (SSSR count). The van der Waals surface area contributed by atoms with Crippen LogP contribution in [0.2, 0.25) is 0 Å². The molecule has 0 spiro atoms. The highest BCUT2D eigenvalue weighted by Gasteiger charge is 2.13. The first-order chi connectivity index (χ1) is 11.6. The lowest BCUT2D eigenvalue weighted by molar-refractivity contribution is -0.134. The van der Waals surface area contributed by atoms with Crippen molar-refractivity contribution in [1.29, 1.82) is 0 Å². The van der Waals surface area contributed by atoms with E-state index in [1.54, 1.807) is 18.2 Å². The van der Waals surface area contributed by atoms with Crippen molar-refractivity contribution in [3.05, 3.63) is 57.9 Å². The van der Waals surface area contributed by atoms with E-state index >= 15 is 0 Å². The number of phenolic OH excluding ortho intramolecular Hbond substituents is 1. The zero-order chi connectivity index (χ0) is 17.1. The SMILES string of the molecule is COC(=O)/C=C/c1ccc(Oc2c(Br)sc3cc(O)ccc23)cc1. The maximum Gasteiger partial charge on any atom is 0.330 e. The van der Waals surface area contributed by atoms with E-state index in [1.165, 1.54) is 24.5 Å². The molecule has 0 saturated heterocycles. The summed E-state index contributed by atoms with van der Waals surface area (Å²) in [6.07, 6.45) is 3.04. The van der Waals surface area contributed by atoms with Crippen LogP contribution in [0.15, 0.2) is 52.3 Å². The number of carbonyl (C=O) groups excluding carboxylic acids is 1. The molecule has 24 heavy (non-hydrogen) atoms. The summed E-state index contributed by atoms with van der Waals surface area (Å²) in [5, 5.41) is 10.5. The van der Waals surface area contributed by atoms with Gasteiger partial charge in [0, 0.05) is 16.2 Å². The molecule has 6 heteroatoms. The minimum atomic E-state index is -0.396. The molecule has 0 unspecified atom stereocenters. The third-order valence-corrected chi connectivity index (χ3v) is 5.07. The summed E-state index contributed by atoms with van der Waals surface area (Å²) in [5.41, 5.74) is 0.868. The van der Waals surface area contributed by atoms with Crippen LogP contribution >= 0.6 is 27.3 Å². The molecule has 0 aliphatic carbocycles. The summed E-state index contributed by atoms with van der Waals surface area (Å²) >= 11 is 5.00. The fourth-order valence-electron chi connectivity index (χ4n) is 2.12. The lowest BCUT2D eigenvalue weighted by atomic mass is 10.2. The van der Waals surface area contributed by atoms with Gasteiger partial charge in [-0.2, -0.15) is 0 Å². The van der Waals surface area contributed by atoms with Gasteiger partial charge in [-0.1, -0.05) is 12.1 Å². The molecular weight excluding hydrogens is 392 g/mol. The van der Waals surface area contributed by atoms with Crippen LogP contribution in [0.5, 0.6) is 17.2 Å². The number of rotatable bonds is 4. The number of ether oxygens (including phenoxy) is 2. The van der Waals surface area contributed by atoms with Crippen LogP contribution in [0.3, 0.4) is 0 Å². The molecule has 0 bridgehead atoms. The molecule has 0 fully saturated rings. The molecule has 0 radical (unpaired) electrons. The first kappa shape index (κ1) is 16.5. The lowest BCUT2D eigenvalue weighted by Crippen LogP contribution is -1.93. The van der Waals surface area contributed by atoms with E-state index in [2.05, 4.69) is 20.7 Å². The highest BCUT2D eigenvalue weighted by atomic mass is 79.9. The van der Waals surface area contributed by atoms with Crippen LogP contribution in [-0.2, 0) is 9.53 Å². The van der Waals surface area contributed by atoms with E-state index in [0.29, 0.717) is 11.5 Å². The van der Waals surface area contributed by atoms with Gasteiger partial charge in [0.2, 0.25) is 0 Å². The minimum Gasteiger partial charge on any atom is -0.508 e. The summed E-state index contributed by atoms with van der Waals surface area (Å²) in [7, 11) is 1.34. The van der Waals surface area contributed by atoms with Crippen molar-refractivity contribution in [2.75, 3.05) is 7.11 Å². The van der Waals surface area contributed by atoms with Crippen molar-refractivity contribution in [2.45, 2.75) is 0 Å². The van der Waals surface area contributed by atoms with Crippen molar-refractivity contribution in [2.24, 2.45) is 0 Å². The highest BCUT2D eigenvalue weighted by Crippen LogP contribution is 2.44. The van der Waals surface area contributed by atoms with Gasteiger partial charge in [-0.3, -0.25) is 0 Å². The Morgan fingerprint density at radius 2 is 1.96 bits per heavy atom. The van der Waals surface area contributed by atoms with E-state index in [9.17, 15) is 9.90 Å². The van der Waals surface area contributed by atoms with E-state index < -0.39 is 5.97 Å². The quantitative estimate of drug-likeness (QED) is 0.470. The summed E-state index contributed by atoms with van der Waals surface area (Å²) in [6, 6.07) is 12.5. The Kier molecular flexibility index (Phi) is 4.87. The largest absolute Gasteiger partial charge is 0.508 e. The molecular formula is C18H13BrO4S. The molecule has 0 saturated carbocycles. The van der Waals surface area contributed by atoms with Crippen LogP contribution in [0.1, 0.15) is 5.56 Å². The number of aromatic hydroxyl groups is 1. The molecule has 0 amide bonds. The van der Waals surface area contributed by atoms with Gasteiger partial charge in [-0.15, -0.1) is 11.3 Å². The van der Waals surface area contributed by atoms with E-state index in [-0.39, 0.29) is 5.75 Å². The Bertz CT molecular complexity index is 913. The molecule has 1 heterocycles. The third kappa shape index (κ3) is 3.60. The number of esters is 1. The van der Waals surface area contributed by atoms with Crippen molar-refractivity contribution in [1.82, 2.24) is 0 Å². The second-order valence-corrected chi connectivity index (χ2v) is 7.28. The molecule has 1 N–H and O–H groups in total. The first-order valence-corrected chi connectivity index (χ1v) is 8.63. The van der Waals surface area contributed by atoms with Crippen molar-refractivity contribution in [3.63, 3.8) is 0 Å². The van der Waals surface area contributed by atoms with E-state index in [1.807, 2.05) is 30.3 Å². The van der Waals surface area contributed by atoms with Crippen LogP contribution in [0, 0.1) is 0 Å². The standard InChI is InChI=1S/C18H13BrO4S/c1-22-16(21)9-4-11-2-6-13(7-3-11)23-17-14-8-5-12(20)10-15(14)24-18(17)19/h2-10,20H,1H3/b9-4+. The Hall–Kier alpha value is -2.31. The number of methoxy groups -OCH3 is 1. The summed E-state index contributed by atoms with van der Waals surface area (Å²) < 4.78 is 12.3. The third-order valence-electron chi connectivity index (χ3n) is 3.30. The Balaban J connectivity index is 1.83. The van der Waals surface area contributed by atoms with Crippen LogP contribution in [0.25, 0.3) is 16.2 Å². The predicted octanol–water partition coefficient (Wildman–Crippen LogP) is 5.35. The molecule has 0 atom stereocenters. The van der Waals surface area contributed by atoms with Gasteiger partial charge in [0.15, 0.2) is 5.75 Å². The molecule has 2 aromatic carbocycles. The van der Waals surface area contributed by atoms with Gasteiger partial charge in [0.25, 0.3) is 0 Å². The molecule has 0 aliphatic heterocycles. The predicted molar refractivity (Wildman–Crippen MR) is 98.8 cm³/mol. The number of carbonyl (C=O) groups is 1. The fraction of sp³-hybridized carbons (Fsp3) is 0.0556. The van der Waals surface area contributed by atoms with Crippen LogP contribution in [0.4, 0.5) is 0 Å². The van der Waals surface area contributed by atoms with Gasteiger partial charge < -0.3 is 14.6 Å². The second kappa shape index (κ2) is 7.07. The normalized spacial score (nSPS) is 11.1. The van der Waals surface area contributed by atoms with Gasteiger partial charge in [0.05, 0.1) is 7.11 Å². The second-order valence-electron chi connectivity index (χ2n) is 4.91. The van der Waals surface area contributed by atoms with E-state index in [4.69, 9.17) is 4.74 Å². The zero-order valence-electron chi connectivity index (χ0n) is 12.7.